The number of hydrogen-bond acceptors (Lipinski definition) is 14. The van der Waals surface area contributed by atoms with Gasteiger partial charge >= 0.3 is 35.4 Å². The first-order chi connectivity index (χ1) is 16.8. The molecule has 8 atom stereocenters. The molecule has 1 saturated carbocycles. The zero-order chi connectivity index (χ0) is 28.8. The first kappa shape index (κ1) is 34.2. The second-order valence-corrected chi connectivity index (χ2v) is 11.4. The molecule has 0 aromatic carbocycles. The molecule has 0 heterocycles. The van der Waals surface area contributed by atoms with Gasteiger partial charge in [0.05, 0.1) is 6.61 Å². The second-order valence-electron chi connectivity index (χ2n) is 7.59. The highest BCUT2D eigenvalue weighted by atomic mass is 31.2. The molecular formula is C15H29O19P3. The molecule has 0 aliphatic heterocycles. The highest BCUT2D eigenvalue weighted by Gasteiger charge is 2.56. The molecule has 22 heteroatoms. The number of aliphatic hydroxyl groups excluding tert-OH is 3. The van der Waals surface area contributed by atoms with E-state index in [4.69, 9.17) is 29.0 Å². The molecule has 37 heavy (non-hydrogen) atoms. The number of esters is 2. The van der Waals surface area contributed by atoms with Gasteiger partial charge in [-0.05, 0) is 6.42 Å². The molecule has 0 spiro atoms. The number of carbonyl (C=O) groups is 2. The van der Waals surface area contributed by atoms with E-state index in [0.717, 1.165) is 6.92 Å². The van der Waals surface area contributed by atoms with Crippen molar-refractivity contribution in [2.75, 3.05) is 13.2 Å². The molecule has 0 bridgehead atoms. The van der Waals surface area contributed by atoms with Crippen LogP contribution in [0.3, 0.4) is 0 Å². The fourth-order valence-corrected chi connectivity index (χ4v) is 5.12. The van der Waals surface area contributed by atoms with Crippen molar-refractivity contribution in [3.8, 4) is 0 Å². The fourth-order valence-electron chi connectivity index (χ4n) is 3.03. The summed E-state index contributed by atoms with van der Waals surface area (Å²) in [6.45, 7) is 1.14. The van der Waals surface area contributed by atoms with Crippen LogP contribution in [0, 0.1) is 0 Å². The minimum Gasteiger partial charge on any atom is -0.462 e. The first-order valence-electron chi connectivity index (χ1n) is 10.3. The van der Waals surface area contributed by atoms with Gasteiger partial charge in [0.15, 0.2) is 6.10 Å². The number of carbonyl (C=O) groups excluding carboxylic acids is 2. The van der Waals surface area contributed by atoms with E-state index in [9.17, 15) is 43.5 Å². The van der Waals surface area contributed by atoms with E-state index in [0.29, 0.717) is 6.42 Å². The number of hydrogen-bond donors (Lipinski definition) is 8. The van der Waals surface area contributed by atoms with Crippen LogP contribution in [0.2, 0.25) is 0 Å². The highest BCUT2D eigenvalue weighted by Crippen LogP contribution is 2.51. The molecule has 19 nitrogen and oxygen atoms in total. The summed E-state index contributed by atoms with van der Waals surface area (Å²) >= 11 is 0. The maximum Gasteiger partial charge on any atom is 0.472 e. The topological polar surface area (TPSA) is 303 Å². The third-order valence-electron chi connectivity index (χ3n) is 4.43. The van der Waals surface area contributed by atoms with Crippen LogP contribution in [-0.4, -0.2) is 108 Å². The van der Waals surface area contributed by atoms with Gasteiger partial charge in [-0.3, -0.25) is 27.7 Å². The van der Waals surface area contributed by atoms with E-state index in [1.165, 1.54) is 0 Å². The molecule has 1 fully saturated rings. The summed E-state index contributed by atoms with van der Waals surface area (Å²) in [6.07, 6.45) is -15.8. The van der Waals surface area contributed by atoms with Crippen molar-refractivity contribution in [3.63, 3.8) is 0 Å². The van der Waals surface area contributed by atoms with Crippen molar-refractivity contribution in [1.29, 1.82) is 0 Å². The summed E-state index contributed by atoms with van der Waals surface area (Å²) in [5.41, 5.74) is 0. The fraction of sp³-hybridized carbons (Fsp3) is 0.867. The number of aliphatic hydroxyl groups is 3. The van der Waals surface area contributed by atoms with Crippen molar-refractivity contribution >= 4 is 35.4 Å². The standard InChI is InChI=1S/C15H29O19P3/c1-3-4-9(17)29-5-8(31-7(2)16)6-30-37(27,28)34-13-10(18)11(19)14(32-35(21,22)23)15(12(13)20)33-36(24,25)26/h8,10-15,18-20H,3-6H2,1-2H3,(H,27,28)(H2,21,22,23)(H2,24,25,26)/t8-,10-,11+,12+,13-,14-,15-/m1/s1. The molecule has 1 aliphatic rings. The molecular weight excluding hydrogens is 577 g/mol. The molecule has 0 aromatic heterocycles. The van der Waals surface area contributed by atoms with Gasteiger partial charge < -0.3 is 49.3 Å². The molecule has 8 N–H and O–H groups in total. The number of ether oxygens (including phenoxy) is 2. The van der Waals surface area contributed by atoms with Gasteiger partial charge in [0, 0.05) is 13.3 Å². The predicted molar refractivity (Wildman–Crippen MR) is 114 cm³/mol. The van der Waals surface area contributed by atoms with Gasteiger partial charge in [0.2, 0.25) is 0 Å². The van der Waals surface area contributed by atoms with Crippen molar-refractivity contribution in [1.82, 2.24) is 0 Å². The quantitative estimate of drug-likeness (QED) is 0.0769. The predicted octanol–water partition coefficient (Wildman–Crippen LogP) is -2.18. The Bertz CT molecular complexity index is 914. The Kier molecular flexibility index (Phi) is 12.9. The van der Waals surface area contributed by atoms with Crippen LogP contribution in [0.25, 0.3) is 0 Å². The monoisotopic (exact) mass is 606 g/mol. The lowest BCUT2D eigenvalue weighted by atomic mass is 9.85. The van der Waals surface area contributed by atoms with Crippen molar-refractivity contribution < 1.29 is 90.6 Å². The minimum atomic E-state index is -5.55. The Balaban J connectivity index is 3.04. The summed E-state index contributed by atoms with van der Waals surface area (Å²) in [6, 6.07) is 0. The lowest BCUT2D eigenvalue weighted by Crippen LogP contribution is -2.65. The molecule has 1 unspecified atom stereocenters. The lowest BCUT2D eigenvalue weighted by Gasteiger charge is -2.44. The number of phosphoric acid groups is 3. The SMILES string of the molecule is CCCC(=O)OC[C@H](COP(=O)(O)O[C@@H]1[C@H](O)[C@H](O)[C@@H](OP(=O)(O)O)[C@H](OP(=O)(O)O)[C@H]1O)OC(C)=O. The van der Waals surface area contributed by atoms with E-state index < -0.39 is 91.3 Å². The van der Waals surface area contributed by atoms with Crippen LogP contribution in [0.1, 0.15) is 26.7 Å². The molecule has 0 amide bonds. The zero-order valence-corrected chi connectivity index (χ0v) is 22.0. The van der Waals surface area contributed by atoms with Crippen molar-refractivity contribution in [3.05, 3.63) is 0 Å². The maximum atomic E-state index is 12.4. The van der Waals surface area contributed by atoms with Crippen LogP contribution in [0.4, 0.5) is 0 Å². The lowest BCUT2D eigenvalue weighted by molar-refractivity contribution is -0.213. The van der Waals surface area contributed by atoms with Gasteiger partial charge in [0.1, 0.15) is 43.2 Å². The smallest absolute Gasteiger partial charge is 0.462 e. The van der Waals surface area contributed by atoms with Crippen molar-refractivity contribution in [2.45, 2.75) is 69.4 Å². The van der Waals surface area contributed by atoms with Crippen LogP contribution in [0.15, 0.2) is 0 Å². The Labute approximate surface area is 209 Å². The summed E-state index contributed by atoms with van der Waals surface area (Å²) in [5, 5.41) is 30.8. The van der Waals surface area contributed by atoms with Gasteiger partial charge in [-0.1, -0.05) is 6.92 Å². The van der Waals surface area contributed by atoms with Crippen LogP contribution >= 0.6 is 23.5 Å². The van der Waals surface area contributed by atoms with Gasteiger partial charge in [-0.15, -0.1) is 0 Å². The Morgan fingerprint density at radius 2 is 1.27 bits per heavy atom. The first-order valence-corrected chi connectivity index (χ1v) is 14.8. The van der Waals surface area contributed by atoms with Gasteiger partial charge in [-0.2, -0.15) is 0 Å². The number of rotatable bonds is 14. The third-order valence-corrected chi connectivity index (χ3v) is 6.45. The largest absolute Gasteiger partial charge is 0.472 e. The summed E-state index contributed by atoms with van der Waals surface area (Å²) < 4.78 is 62.1. The van der Waals surface area contributed by atoms with E-state index in [2.05, 4.69) is 18.1 Å². The van der Waals surface area contributed by atoms with E-state index >= 15 is 0 Å². The Hall–Kier alpha value is -0.850. The van der Waals surface area contributed by atoms with E-state index in [1.54, 1.807) is 6.92 Å². The van der Waals surface area contributed by atoms with Crippen LogP contribution in [0.5, 0.6) is 0 Å². The molecule has 0 radical (unpaired) electrons. The molecule has 1 rings (SSSR count). The van der Waals surface area contributed by atoms with Gasteiger partial charge in [-0.25, -0.2) is 13.7 Å². The van der Waals surface area contributed by atoms with E-state index in [1.807, 2.05) is 0 Å². The Morgan fingerprint density at radius 3 is 1.73 bits per heavy atom. The normalized spacial score (nSPS) is 29.2. The van der Waals surface area contributed by atoms with Crippen molar-refractivity contribution in [2.24, 2.45) is 0 Å². The number of phosphoric ester groups is 3. The van der Waals surface area contributed by atoms with E-state index in [-0.39, 0.29) is 6.42 Å². The highest BCUT2D eigenvalue weighted by molar-refractivity contribution is 7.47. The summed E-state index contributed by atoms with van der Waals surface area (Å²) in [4.78, 5) is 68.8. The third kappa shape index (κ3) is 12.3. The van der Waals surface area contributed by atoms with Crippen LogP contribution < -0.4 is 0 Å². The average Bonchev–Trinajstić information content (AvgIpc) is 2.72. The second kappa shape index (κ2) is 14.0. The minimum absolute atomic E-state index is 0.0274. The molecule has 0 saturated heterocycles. The zero-order valence-electron chi connectivity index (χ0n) is 19.3. The molecule has 1 aliphatic carbocycles. The van der Waals surface area contributed by atoms with Gasteiger partial charge in [0.25, 0.3) is 0 Å². The Morgan fingerprint density at radius 1 is 0.784 bits per heavy atom. The van der Waals surface area contributed by atoms with Crippen LogP contribution in [-0.2, 0) is 50.9 Å². The molecule has 218 valence electrons. The average molecular weight is 606 g/mol. The summed E-state index contributed by atoms with van der Waals surface area (Å²) in [7, 11) is -16.4. The molecule has 0 aromatic rings. The maximum absolute atomic E-state index is 12.4. The summed E-state index contributed by atoms with van der Waals surface area (Å²) in [5.74, 6) is -1.56.